The zero-order valence-corrected chi connectivity index (χ0v) is 9.97. The maximum atomic E-state index is 8.67. The summed E-state index contributed by atoms with van der Waals surface area (Å²) in [4.78, 5) is 0. The first-order chi connectivity index (χ1) is 8.19. The van der Waals surface area contributed by atoms with Gasteiger partial charge in [-0.3, -0.25) is 0 Å². The summed E-state index contributed by atoms with van der Waals surface area (Å²) in [5.74, 6) is 1.29. The van der Waals surface area contributed by atoms with Crippen molar-refractivity contribution in [3.63, 3.8) is 0 Å². The summed E-state index contributed by atoms with van der Waals surface area (Å²) in [6.07, 6.45) is 1.07. The molecule has 3 nitrogen and oxygen atoms in total. The van der Waals surface area contributed by atoms with Gasteiger partial charge in [-0.25, -0.2) is 0 Å². The van der Waals surface area contributed by atoms with Gasteiger partial charge in [0.25, 0.3) is 0 Å². The molecule has 0 unspecified atom stereocenters. The molecule has 0 aliphatic rings. The Bertz CT molecular complexity index is 532. The second kappa shape index (κ2) is 4.84. The van der Waals surface area contributed by atoms with Crippen LogP contribution < -0.4 is 0 Å². The van der Waals surface area contributed by atoms with Crippen LogP contribution in [0.1, 0.15) is 25.1 Å². The minimum Gasteiger partial charge on any atom is -0.355 e. The third-order valence-electron chi connectivity index (χ3n) is 2.51. The summed E-state index contributed by atoms with van der Waals surface area (Å²) in [6.45, 7) is 4.40. The van der Waals surface area contributed by atoms with E-state index in [1.807, 2.05) is 18.2 Å². The monoisotopic (exact) mass is 226 g/mol. The second-order valence-electron chi connectivity index (χ2n) is 4.48. The number of hydrogen-bond donors (Lipinski definition) is 0. The van der Waals surface area contributed by atoms with E-state index in [2.05, 4.69) is 31.1 Å². The lowest BCUT2D eigenvalue weighted by molar-refractivity contribution is 0.430. The Morgan fingerprint density at radius 2 is 2.00 bits per heavy atom. The third-order valence-corrected chi connectivity index (χ3v) is 2.51. The standard InChI is InChI=1S/C14H14N2O/c1-10(2)7-11-3-5-12(6-4-11)14-8-13(9-15)16-17-14/h3-6,8,10H,7H2,1-2H3. The molecule has 3 heteroatoms. The molecule has 1 heterocycles. The fraction of sp³-hybridized carbons (Fsp3) is 0.286. The van der Waals surface area contributed by atoms with E-state index < -0.39 is 0 Å². The average Bonchev–Trinajstić information content (AvgIpc) is 2.78. The molecule has 86 valence electrons. The first kappa shape index (κ1) is 11.4. The lowest BCUT2D eigenvalue weighted by Gasteiger charge is -2.04. The largest absolute Gasteiger partial charge is 0.355 e. The lowest BCUT2D eigenvalue weighted by Crippen LogP contribution is -1.93. The predicted octanol–water partition coefficient (Wildman–Crippen LogP) is 3.41. The molecule has 1 aromatic carbocycles. The zero-order valence-electron chi connectivity index (χ0n) is 9.97. The molecule has 0 fully saturated rings. The quantitative estimate of drug-likeness (QED) is 0.805. The Morgan fingerprint density at radius 3 is 2.53 bits per heavy atom. The molecular formula is C14H14N2O. The van der Waals surface area contributed by atoms with Gasteiger partial charge in [-0.1, -0.05) is 43.3 Å². The lowest BCUT2D eigenvalue weighted by atomic mass is 10.0. The molecule has 17 heavy (non-hydrogen) atoms. The van der Waals surface area contributed by atoms with Crippen molar-refractivity contribution in [2.24, 2.45) is 5.92 Å². The van der Waals surface area contributed by atoms with Crippen LogP contribution in [0, 0.1) is 17.2 Å². The van der Waals surface area contributed by atoms with E-state index in [9.17, 15) is 0 Å². The van der Waals surface area contributed by atoms with Crippen LogP contribution in [0.15, 0.2) is 34.9 Å². The molecule has 0 spiro atoms. The first-order valence-corrected chi connectivity index (χ1v) is 5.65. The Labute approximate surface area is 101 Å². The summed E-state index contributed by atoms with van der Waals surface area (Å²) in [5, 5.41) is 12.3. The summed E-state index contributed by atoms with van der Waals surface area (Å²) in [6, 6.07) is 11.8. The maximum Gasteiger partial charge on any atom is 0.184 e. The molecule has 0 amide bonds. The van der Waals surface area contributed by atoms with E-state index >= 15 is 0 Å². The van der Waals surface area contributed by atoms with E-state index in [0.717, 1.165) is 12.0 Å². The number of hydrogen-bond acceptors (Lipinski definition) is 3. The Morgan fingerprint density at radius 1 is 1.29 bits per heavy atom. The molecule has 0 saturated heterocycles. The minimum atomic E-state index is 0.311. The summed E-state index contributed by atoms with van der Waals surface area (Å²) >= 11 is 0. The van der Waals surface area contributed by atoms with E-state index in [-0.39, 0.29) is 0 Å². The minimum absolute atomic E-state index is 0.311. The van der Waals surface area contributed by atoms with Crippen LogP contribution in [-0.2, 0) is 6.42 Å². The zero-order chi connectivity index (χ0) is 12.3. The summed E-state index contributed by atoms with van der Waals surface area (Å²) in [5.41, 5.74) is 2.57. The number of nitrogens with zero attached hydrogens (tertiary/aromatic N) is 2. The first-order valence-electron chi connectivity index (χ1n) is 5.65. The van der Waals surface area contributed by atoms with Crippen LogP contribution in [0.2, 0.25) is 0 Å². The second-order valence-corrected chi connectivity index (χ2v) is 4.48. The molecule has 0 bridgehead atoms. The number of rotatable bonds is 3. The fourth-order valence-corrected chi connectivity index (χ4v) is 1.74. The predicted molar refractivity (Wildman–Crippen MR) is 65.2 cm³/mol. The Hall–Kier alpha value is -2.08. The molecule has 0 saturated carbocycles. The van der Waals surface area contributed by atoms with Crippen molar-refractivity contribution < 1.29 is 4.52 Å². The maximum absolute atomic E-state index is 8.67. The van der Waals surface area contributed by atoms with Crippen molar-refractivity contribution in [1.29, 1.82) is 5.26 Å². The number of aromatic nitrogens is 1. The van der Waals surface area contributed by atoms with Crippen LogP contribution in [-0.4, -0.2) is 5.16 Å². The molecule has 2 rings (SSSR count). The van der Waals surface area contributed by atoms with E-state index in [0.29, 0.717) is 17.4 Å². The number of nitriles is 1. The number of benzene rings is 1. The molecular weight excluding hydrogens is 212 g/mol. The van der Waals surface area contributed by atoms with Gasteiger partial charge in [0.05, 0.1) is 0 Å². The van der Waals surface area contributed by atoms with Crippen LogP contribution in [0.25, 0.3) is 11.3 Å². The molecule has 2 aromatic rings. The van der Waals surface area contributed by atoms with Gasteiger partial charge in [-0.05, 0) is 17.9 Å². The van der Waals surface area contributed by atoms with Gasteiger partial charge in [0.15, 0.2) is 11.5 Å². The molecule has 0 aliphatic carbocycles. The van der Waals surface area contributed by atoms with Gasteiger partial charge in [0.1, 0.15) is 6.07 Å². The van der Waals surface area contributed by atoms with Gasteiger partial charge < -0.3 is 4.52 Å². The fourth-order valence-electron chi connectivity index (χ4n) is 1.74. The highest BCUT2D eigenvalue weighted by atomic mass is 16.5. The van der Waals surface area contributed by atoms with Crippen molar-refractivity contribution in [1.82, 2.24) is 5.16 Å². The summed E-state index contributed by atoms with van der Waals surface area (Å²) < 4.78 is 5.09. The Balaban J connectivity index is 2.20. The highest BCUT2D eigenvalue weighted by Gasteiger charge is 2.06. The summed E-state index contributed by atoms with van der Waals surface area (Å²) in [7, 11) is 0. The SMILES string of the molecule is CC(C)Cc1ccc(-c2cc(C#N)no2)cc1. The van der Waals surface area contributed by atoms with Gasteiger partial charge in [0, 0.05) is 11.6 Å². The van der Waals surface area contributed by atoms with Crippen LogP contribution in [0.3, 0.4) is 0 Å². The normalized spacial score (nSPS) is 10.5. The Kier molecular flexibility index (Phi) is 3.24. The van der Waals surface area contributed by atoms with Crippen molar-refractivity contribution in [3.8, 4) is 17.4 Å². The van der Waals surface area contributed by atoms with Gasteiger partial charge in [-0.2, -0.15) is 5.26 Å². The van der Waals surface area contributed by atoms with Crippen LogP contribution >= 0.6 is 0 Å². The molecule has 0 atom stereocenters. The molecule has 0 N–H and O–H groups in total. The molecule has 0 radical (unpaired) electrons. The molecule has 0 aliphatic heterocycles. The topological polar surface area (TPSA) is 49.8 Å². The average molecular weight is 226 g/mol. The van der Waals surface area contributed by atoms with E-state index in [4.69, 9.17) is 9.78 Å². The van der Waals surface area contributed by atoms with Crippen molar-refractivity contribution in [2.75, 3.05) is 0 Å². The van der Waals surface area contributed by atoms with E-state index in [1.165, 1.54) is 5.56 Å². The smallest absolute Gasteiger partial charge is 0.184 e. The van der Waals surface area contributed by atoms with E-state index in [1.54, 1.807) is 6.07 Å². The van der Waals surface area contributed by atoms with Crippen molar-refractivity contribution in [2.45, 2.75) is 20.3 Å². The molecule has 1 aromatic heterocycles. The van der Waals surface area contributed by atoms with Gasteiger partial charge in [0.2, 0.25) is 0 Å². The van der Waals surface area contributed by atoms with Crippen LogP contribution in [0.4, 0.5) is 0 Å². The highest BCUT2D eigenvalue weighted by molar-refractivity contribution is 5.58. The van der Waals surface area contributed by atoms with Gasteiger partial charge >= 0.3 is 0 Å². The van der Waals surface area contributed by atoms with Crippen molar-refractivity contribution >= 4 is 0 Å². The van der Waals surface area contributed by atoms with Gasteiger partial charge in [-0.15, -0.1) is 0 Å². The third kappa shape index (κ3) is 2.73. The van der Waals surface area contributed by atoms with Crippen molar-refractivity contribution in [3.05, 3.63) is 41.6 Å². The van der Waals surface area contributed by atoms with Crippen LogP contribution in [0.5, 0.6) is 0 Å². The highest BCUT2D eigenvalue weighted by Crippen LogP contribution is 2.21.